The summed E-state index contributed by atoms with van der Waals surface area (Å²) in [7, 11) is 6.42. The molecule has 1 atom stereocenters. The third-order valence-corrected chi connectivity index (χ3v) is 5.88. The number of fused-ring (bicyclic) bond motifs is 1. The standard InChI is InChI=1S/C27H24N3.HI/c1-30(2,3)24-14-12-20(13-15-24)22-10-7-11-23-17-25(21-8-5-4-6-9-21)27(18-28,19-29)26(23)16-22;/h4-17,26H,1-3H3;1H/q+1;/p-1. The molecule has 2 aliphatic rings. The molecule has 0 spiro atoms. The SMILES string of the molecule is C[N+](C)(C)c1ccc(C2=CC3C(=CC=C2)C=C(c2ccccc2)C3(C#N)C#N)cc1.[I-]. The summed E-state index contributed by atoms with van der Waals surface area (Å²) < 4.78 is 0.750. The third-order valence-electron chi connectivity index (χ3n) is 5.88. The number of hydrogen-bond acceptors (Lipinski definition) is 2. The fraction of sp³-hybridized carbons (Fsp3) is 0.185. The molecule has 0 fully saturated rings. The minimum Gasteiger partial charge on any atom is -1.00 e. The number of nitriles is 2. The number of rotatable bonds is 3. The van der Waals surface area contributed by atoms with E-state index in [0.29, 0.717) is 0 Å². The Balaban J connectivity index is 0.00000272. The van der Waals surface area contributed by atoms with Gasteiger partial charge in [-0.1, -0.05) is 60.7 Å². The number of benzene rings is 2. The van der Waals surface area contributed by atoms with Crippen molar-refractivity contribution < 1.29 is 24.0 Å². The Morgan fingerprint density at radius 1 is 0.871 bits per heavy atom. The predicted molar refractivity (Wildman–Crippen MR) is 123 cm³/mol. The van der Waals surface area contributed by atoms with Crippen molar-refractivity contribution in [1.29, 1.82) is 10.5 Å². The maximum Gasteiger partial charge on any atom is 0.179 e. The summed E-state index contributed by atoms with van der Waals surface area (Å²) >= 11 is 0. The monoisotopic (exact) mass is 517 g/mol. The van der Waals surface area contributed by atoms with E-state index in [-0.39, 0.29) is 29.9 Å². The van der Waals surface area contributed by atoms with Crippen LogP contribution in [0.3, 0.4) is 0 Å². The molecular weight excluding hydrogens is 493 g/mol. The van der Waals surface area contributed by atoms with Gasteiger partial charge in [-0.3, -0.25) is 4.48 Å². The second-order valence-electron chi connectivity index (χ2n) is 8.64. The minimum absolute atomic E-state index is 0. The van der Waals surface area contributed by atoms with Crippen molar-refractivity contribution in [3.63, 3.8) is 0 Å². The maximum absolute atomic E-state index is 10.2. The molecule has 0 saturated heterocycles. The molecule has 4 heteroatoms. The normalized spacial score (nSPS) is 18.9. The van der Waals surface area contributed by atoms with Crippen LogP contribution in [-0.4, -0.2) is 21.1 Å². The highest BCUT2D eigenvalue weighted by Gasteiger charge is 2.48. The Bertz CT molecular complexity index is 1160. The van der Waals surface area contributed by atoms with E-state index >= 15 is 0 Å². The fourth-order valence-corrected chi connectivity index (χ4v) is 4.17. The molecular formula is C27H24IN3. The van der Waals surface area contributed by atoms with E-state index in [0.717, 1.165) is 32.3 Å². The van der Waals surface area contributed by atoms with Gasteiger partial charge < -0.3 is 24.0 Å². The van der Waals surface area contributed by atoms with Crippen LogP contribution >= 0.6 is 0 Å². The first-order valence-corrected chi connectivity index (χ1v) is 10.0. The van der Waals surface area contributed by atoms with Crippen molar-refractivity contribution in [3.8, 4) is 12.1 Å². The van der Waals surface area contributed by atoms with Crippen molar-refractivity contribution in [2.45, 2.75) is 0 Å². The van der Waals surface area contributed by atoms with Gasteiger partial charge in [-0.15, -0.1) is 0 Å². The molecule has 0 bridgehead atoms. The molecule has 0 saturated carbocycles. The summed E-state index contributed by atoms with van der Waals surface area (Å²) in [5.41, 5.74) is 4.76. The molecule has 2 aromatic carbocycles. The highest BCUT2D eigenvalue weighted by molar-refractivity contribution is 5.86. The fourth-order valence-electron chi connectivity index (χ4n) is 4.17. The van der Waals surface area contributed by atoms with Crippen LogP contribution in [0.25, 0.3) is 11.1 Å². The van der Waals surface area contributed by atoms with Gasteiger partial charge in [-0.2, -0.15) is 10.5 Å². The summed E-state index contributed by atoms with van der Waals surface area (Å²) in [4.78, 5) is 0. The van der Waals surface area contributed by atoms with Gasteiger partial charge in [-0.25, -0.2) is 0 Å². The molecule has 0 amide bonds. The van der Waals surface area contributed by atoms with Gasteiger partial charge in [0, 0.05) is 5.92 Å². The molecule has 2 aromatic rings. The lowest BCUT2D eigenvalue weighted by atomic mass is 9.72. The van der Waals surface area contributed by atoms with Crippen LogP contribution in [-0.2, 0) is 0 Å². The van der Waals surface area contributed by atoms with Gasteiger partial charge in [0.1, 0.15) is 5.69 Å². The average molecular weight is 517 g/mol. The average Bonchev–Trinajstić information content (AvgIpc) is 2.90. The molecule has 1 unspecified atom stereocenters. The van der Waals surface area contributed by atoms with Gasteiger partial charge in [0.15, 0.2) is 5.41 Å². The lowest BCUT2D eigenvalue weighted by Gasteiger charge is -2.24. The van der Waals surface area contributed by atoms with E-state index < -0.39 is 5.41 Å². The van der Waals surface area contributed by atoms with Gasteiger partial charge in [0.05, 0.1) is 33.3 Å². The minimum atomic E-state index is -1.24. The van der Waals surface area contributed by atoms with Crippen LogP contribution in [0.4, 0.5) is 5.69 Å². The molecule has 154 valence electrons. The Kier molecular flexibility index (Phi) is 6.36. The zero-order valence-corrected chi connectivity index (χ0v) is 20.0. The zero-order chi connectivity index (χ0) is 21.4. The smallest absolute Gasteiger partial charge is 0.179 e. The van der Waals surface area contributed by atoms with Crippen LogP contribution in [0.15, 0.2) is 90.6 Å². The highest BCUT2D eigenvalue weighted by Crippen LogP contribution is 2.52. The number of quaternary nitrogens is 1. The van der Waals surface area contributed by atoms with Crippen LogP contribution in [0.2, 0.25) is 0 Å². The molecule has 0 heterocycles. The van der Waals surface area contributed by atoms with E-state index in [1.54, 1.807) is 0 Å². The summed E-state index contributed by atoms with van der Waals surface area (Å²) in [6, 6.07) is 23.0. The number of nitrogens with zero attached hydrogens (tertiary/aromatic N) is 3. The predicted octanol–water partition coefficient (Wildman–Crippen LogP) is 2.51. The van der Waals surface area contributed by atoms with Crippen molar-refractivity contribution in [3.05, 3.63) is 102 Å². The van der Waals surface area contributed by atoms with Crippen molar-refractivity contribution in [2.75, 3.05) is 21.1 Å². The first-order chi connectivity index (χ1) is 14.4. The lowest BCUT2D eigenvalue weighted by Crippen LogP contribution is -3.00. The second-order valence-corrected chi connectivity index (χ2v) is 8.64. The largest absolute Gasteiger partial charge is 1.00 e. The van der Waals surface area contributed by atoms with E-state index in [1.807, 2.05) is 48.6 Å². The molecule has 0 radical (unpaired) electrons. The number of hydrogen-bond donors (Lipinski definition) is 0. The van der Waals surface area contributed by atoms with Crippen LogP contribution in [0, 0.1) is 34.0 Å². The maximum atomic E-state index is 10.2. The summed E-state index contributed by atoms with van der Waals surface area (Å²) in [6.07, 6.45) is 10.2. The Morgan fingerprint density at radius 3 is 2.10 bits per heavy atom. The van der Waals surface area contributed by atoms with Crippen molar-refractivity contribution in [1.82, 2.24) is 4.48 Å². The van der Waals surface area contributed by atoms with E-state index in [2.05, 4.69) is 69.7 Å². The van der Waals surface area contributed by atoms with E-state index in [9.17, 15) is 10.5 Å². The summed E-state index contributed by atoms with van der Waals surface area (Å²) in [6.45, 7) is 0. The van der Waals surface area contributed by atoms with Gasteiger partial charge in [0.25, 0.3) is 0 Å². The first-order valence-electron chi connectivity index (χ1n) is 10.0. The molecule has 2 aliphatic carbocycles. The molecule has 0 aromatic heterocycles. The van der Waals surface area contributed by atoms with Crippen molar-refractivity contribution in [2.24, 2.45) is 11.3 Å². The molecule has 31 heavy (non-hydrogen) atoms. The number of halogens is 1. The van der Waals surface area contributed by atoms with E-state index in [4.69, 9.17) is 0 Å². The Labute approximate surface area is 201 Å². The summed E-state index contributed by atoms with van der Waals surface area (Å²) in [5.74, 6) is -0.314. The highest BCUT2D eigenvalue weighted by atomic mass is 127. The molecule has 4 rings (SSSR count). The molecule has 3 nitrogen and oxygen atoms in total. The molecule has 0 N–H and O–H groups in total. The zero-order valence-electron chi connectivity index (χ0n) is 17.9. The lowest BCUT2D eigenvalue weighted by molar-refractivity contribution is -0.00000656. The van der Waals surface area contributed by atoms with Gasteiger partial charge in [-0.05, 0) is 52.1 Å². The quantitative estimate of drug-likeness (QED) is 0.464. The second kappa shape index (κ2) is 8.67. The number of allylic oxidation sites excluding steroid dienone is 8. The van der Waals surface area contributed by atoms with Gasteiger partial charge in [0.2, 0.25) is 0 Å². The van der Waals surface area contributed by atoms with Crippen LogP contribution in [0.1, 0.15) is 11.1 Å². The summed E-state index contributed by atoms with van der Waals surface area (Å²) in [5, 5.41) is 20.3. The molecule has 0 aliphatic heterocycles. The Hall–Kier alpha value is -2.93. The van der Waals surface area contributed by atoms with Gasteiger partial charge >= 0.3 is 0 Å². The van der Waals surface area contributed by atoms with Crippen LogP contribution in [0.5, 0.6) is 0 Å². The van der Waals surface area contributed by atoms with Crippen LogP contribution < -0.4 is 28.5 Å². The topological polar surface area (TPSA) is 47.6 Å². The Morgan fingerprint density at radius 2 is 1.52 bits per heavy atom. The first kappa shape index (κ1) is 22.7. The van der Waals surface area contributed by atoms with E-state index in [1.165, 1.54) is 5.69 Å². The third kappa shape index (κ3) is 4.02. The van der Waals surface area contributed by atoms with Crippen molar-refractivity contribution >= 4 is 16.8 Å².